The lowest BCUT2D eigenvalue weighted by Crippen LogP contribution is -2.03. The summed E-state index contributed by atoms with van der Waals surface area (Å²) < 4.78 is 4.63. The molecule has 1 aromatic rings. The second-order valence-corrected chi connectivity index (χ2v) is 2.27. The number of rotatable bonds is 3. The number of pyridine rings is 1. The summed E-state index contributed by atoms with van der Waals surface area (Å²) in [4.78, 5) is 3.87. The fourth-order valence-electron chi connectivity index (χ4n) is 0.747. The highest BCUT2D eigenvalue weighted by Gasteiger charge is 1.91. The average molecular weight is 165 g/mol. The Morgan fingerprint density at radius 1 is 1.50 bits per heavy atom. The molecule has 0 aliphatic carbocycles. The van der Waals surface area contributed by atoms with Crippen molar-refractivity contribution in [3.8, 4) is 0 Å². The van der Waals surface area contributed by atoms with Gasteiger partial charge < -0.3 is 9.84 Å². The first-order chi connectivity index (χ1) is 5.83. The number of hydrogen-bond acceptors (Lipinski definition) is 3. The quantitative estimate of drug-likeness (QED) is 0.681. The van der Waals surface area contributed by atoms with E-state index in [4.69, 9.17) is 5.11 Å². The lowest BCUT2D eigenvalue weighted by Gasteiger charge is -1.99. The van der Waals surface area contributed by atoms with Crippen LogP contribution in [0.25, 0.3) is 6.08 Å². The minimum absolute atomic E-state index is 0.835. The minimum Gasteiger partial charge on any atom is -0.365 e. The summed E-state index contributed by atoms with van der Waals surface area (Å²) in [5.41, 5.74) is 0.987. The Bertz CT molecular complexity index is 246. The van der Waals surface area contributed by atoms with E-state index in [-0.39, 0.29) is 0 Å². The second-order valence-electron chi connectivity index (χ2n) is 2.27. The molecule has 0 spiro atoms. The summed E-state index contributed by atoms with van der Waals surface area (Å²) >= 11 is 0. The predicted molar refractivity (Wildman–Crippen MR) is 46.3 cm³/mol. The lowest BCUT2D eigenvalue weighted by molar-refractivity contribution is -0.0350. The number of nitrogens with zero attached hydrogens (tertiary/aromatic N) is 1. The second kappa shape index (κ2) is 4.64. The average Bonchev–Trinajstić information content (AvgIpc) is 2.16. The zero-order chi connectivity index (χ0) is 8.81. The Balaban J connectivity index is 2.58. The zero-order valence-corrected chi connectivity index (χ0v) is 6.84. The standard InChI is InChI=1S/C9H11NO2/c1-12-9(11)3-2-8-4-6-10-7-5-8/h2-7,9,11H,1H3/b3-2+. The fourth-order valence-corrected chi connectivity index (χ4v) is 0.747. The van der Waals surface area contributed by atoms with E-state index in [0.29, 0.717) is 0 Å². The lowest BCUT2D eigenvalue weighted by atomic mass is 10.2. The van der Waals surface area contributed by atoms with Crippen LogP contribution in [0.3, 0.4) is 0 Å². The van der Waals surface area contributed by atoms with Crippen LogP contribution in [-0.4, -0.2) is 23.5 Å². The minimum atomic E-state index is -0.835. The predicted octanol–water partition coefficient (Wildman–Crippen LogP) is 1.06. The third-order valence-electron chi connectivity index (χ3n) is 1.40. The van der Waals surface area contributed by atoms with Crippen molar-refractivity contribution in [1.29, 1.82) is 0 Å². The SMILES string of the molecule is COC(O)/C=C/c1ccncc1. The summed E-state index contributed by atoms with van der Waals surface area (Å²) in [6.07, 6.45) is 5.89. The molecule has 0 saturated carbocycles. The third-order valence-corrected chi connectivity index (χ3v) is 1.40. The van der Waals surface area contributed by atoms with Gasteiger partial charge in [-0.3, -0.25) is 4.98 Å². The van der Waals surface area contributed by atoms with Gasteiger partial charge in [0.15, 0.2) is 6.29 Å². The van der Waals surface area contributed by atoms with Crippen molar-refractivity contribution in [3.05, 3.63) is 36.2 Å². The van der Waals surface area contributed by atoms with Crippen LogP contribution < -0.4 is 0 Å². The van der Waals surface area contributed by atoms with Gasteiger partial charge in [-0.2, -0.15) is 0 Å². The number of ether oxygens (including phenoxy) is 1. The highest BCUT2D eigenvalue weighted by Crippen LogP contribution is 2.00. The van der Waals surface area contributed by atoms with Gasteiger partial charge in [-0.15, -0.1) is 0 Å². The largest absolute Gasteiger partial charge is 0.365 e. The molecule has 0 fully saturated rings. The van der Waals surface area contributed by atoms with Crippen LogP contribution >= 0.6 is 0 Å². The highest BCUT2D eigenvalue weighted by atomic mass is 16.6. The number of methoxy groups -OCH3 is 1. The van der Waals surface area contributed by atoms with Crippen LogP contribution in [0.15, 0.2) is 30.6 Å². The molecular formula is C9H11NO2. The highest BCUT2D eigenvalue weighted by molar-refractivity contribution is 5.48. The van der Waals surface area contributed by atoms with E-state index in [0.717, 1.165) is 5.56 Å². The maximum atomic E-state index is 8.99. The van der Waals surface area contributed by atoms with Gasteiger partial charge in [0.25, 0.3) is 0 Å². The van der Waals surface area contributed by atoms with Gasteiger partial charge in [-0.25, -0.2) is 0 Å². The first-order valence-corrected chi connectivity index (χ1v) is 3.62. The maximum Gasteiger partial charge on any atom is 0.174 e. The van der Waals surface area contributed by atoms with Crippen LogP contribution in [0.5, 0.6) is 0 Å². The van der Waals surface area contributed by atoms with Gasteiger partial charge in [0.2, 0.25) is 0 Å². The van der Waals surface area contributed by atoms with Crippen molar-refractivity contribution in [1.82, 2.24) is 4.98 Å². The molecule has 0 aliphatic rings. The van der Waals surface area contributed by atoms with E-state index in [1.165, 1.54) is 7.11 Å². The van der Waals surface area contributed by atoms with Crippen molar-refractivity contribution in [3.63, 3.8) is 0 Å². The molecule has 1 N–H and O–H groups in total. The number of aromatic nitrogens is 1. The van der Waals surface area contributed by atoms with Crippen LogP contribution in [-0.2, 0) is 4.74 Å². The summed E-state index contributed by atoms with van der Waals surface area (Å²) in [7, 11) is 1.45. The van der Waals surface area contributed by atoms with E-state index in [1.54, 1.807) is 24.5 Å². The van der Waals surface area contributed by atoms with Gasteiger partial charge in [-0.1, -0.05) is 6.08 Å². The molecule has 0 amide bonds. The maximum absolute atomic E-state index is 8.99. The Morgan fingerprint density at radius 3 is 2.75 bits per heavy atom. The van der Waals surface area contributed by atoms with Gasteiger partial charge in [0.1, 0.15) is 0 Å². The number of hydrogen-bond donors (Lipinski definition) is 1. The smallest absolute Gasteiger partial charge is 0.174 e. The number of aliphatic hydroxyl groups excluding tert-OH is 1. The van der Waals surface area contributed by atoms with E-state index in [1.807, 2.05) is 12.1 Å². The van der Waals surface area contributed by atoms with Gasteiger partial charge in [-0.05, 0) is 23.8 Å². The molecule has 0 aromatic carbocycles. The molecule has 1 heterocycles. The Kier molecular flexibility index (Phi) is 3.44. The number of aliphatic hydroxyl groups is 1. The van der Waals surface area contributed by atoms with Crippen molar-refractivity contribution in [2.75, 3.05) is 7.11 Å². The summed E-state index contributed by atoms with van der Waals surface area (Å²) in [6.45, 7) is 0. The molecule has 0 radical (unpaired) electrons. The summed E-state index contributed by atoms with van der Waals surface area (Å²) in [5, 5.41) is 8.99. The monoisotopic (exact) mass is 165 g/mol. The zero-order valence-electron chi connectivity index (χ0n) is 6.84. The van der Waals surface area contributed by atoms with E-state index >= 15 is 0 Å². The molecule has 0 aliphatic heterocycles. The van der Waals surface area contributed by atoms with Gasteiger partial charge in [0.05, 0.1) is 0 Å². The van der Waals surface area contributed by atoms with Gasteiger partial charge in [0, 0.05) is 19.5 Å². The van der Waals surface area contributed by atoms with Crippen molar-refractivity contribution >= 4 is 6.08 Å². The van der Waals surface area contributed by atoms with Crippen molar-refractivity contribution in [2.45, 2.75) is 6.29 Å². The molecule has 3 heteroatoms. The summed E-state index contributed by atoms with van der Waals surface area (Å²) in [6, 6.07) is 3.69. The molecule has 3 nitrogen and oxygen atoms in total. The molecule has 1 atom stereocenters. The molecule has 1 unspecified atom stereocenters. The molecule has 12 heavy (non-hydrogen) atoms. The normalized spacial score (nSPS) is 13.5. The van der Waals surface area contributed by atoms with Crippen molar-refractivity contribution in [2.24, 2.45) is 0 Å². The van der Waals surface area contributed by atoms with Crippen LogP contribution in [0.2, 0.25) is 0 Å². The molecule has 1 aromatic heterocycles. The molecule has 0 bridgehead atoms. The molecule has 64 valence electrons. The Labute approximate surface area is 71.3 Å². The molecule has 0 saturated heterocycles. The molecule has 1 rings (SSSR count). The van der Waals surface area contributed by atoms with Gasteiger partial charge >= 0.3 is 0 Å². The van der Waals surface area contributed by atoms with E-state index in [9.17, 15) is 0 Å². The topological polar surface area (TPSA) is 42.4 Å². The van der Waals surface area contributed by atoms with Crippen molar-refractivity contribution < 1.29 is 9.84 Å². The first kappa shape index (κ1) is 8.90. The van der Waals surface area contributed by atoms with E-state index in [2.05, 4.69) is 9.72 Å². The summed E-state index contributed by atoms with van der Waals surface area (Å²) in [5.74, 6) is 0. The van der Waals surface area contributed by atoms with Crippen LogP contribution in [0, 0.1) is 0 Å². The van der Waals surface area contributed by atoms with Crippen LogP contribution in [0.4, 0.5) is 0 Å². The fraction of sp³-hybridized carbons (Fsp3) is 0.222. The third kappa shape index (κ3) is 2.82. The van der Waals surface area contributed by atoms with Crippen LogP contribution in [0.1, 0.15) is 5.56 Å². The first-order valence-electron chi connectivity index (χ1n) is 3.62. The van der Waals surface area contributed by atoms with E-state index < -0.39 is 6.29 Å². The Morgan fingerprint density at radius 2 is 2.17 bits per heavy atom. The Hall–Kier alpha value is -1.19. The molecular weight excluding hydrogens is 154 g/mol.